The van der Waals surface area contributed by atoms with Crippen molar-refractivity contribution in [2.24, 2.45) is 0 Å². The van der Waals surface area contributed by atoms with Gasteiger partial charge in [-0.25, -0.2) is 4.98 Å². The molecular formula is C14H13ClN2O. The van der Waals surface area contributed by atoms with Gasteiger partial charge < -0.3 is 10.5 Å². The van der Waals surface area contributed by atoms with Gasteiger partial charge in [-0.05, 0) is 23.8 Å². The molecule has 0 aliphatic rings. The molecule has 1 aromatic carbocycles. The molecule has 2 rings (SSSR count). The molecule has 2 aromatic rings. The van der Waals surface area contributed by atoms with E-state index in [9.17, 15) is 0 Å². The third kappa shape index (κ3) is 3.02. The Morgan fingerprint density at radius 3 is 2.61 bits per heavy atom. The first-order valence-electron chi connectivity index (χ1n) is 5.42. The lowest BCUT2D eigenvalue weighted by Gasteiger charge is -2.01. The van der Waals surface area contributed by atoms with Crippen LogP contribution in [0.5, 0.6) is 5.75 Å². The number of benzene rings is 1. The van der Waals surface area contributed by atoms with Gasteiger partial charge in [0.15, 0.2) is 0 Å². The maximum atomic E-state index is 5.87. The topological polar surface area (TPSA) is 48.1 Å². The Balaban J connectivity index is 2.21. The lowest BCUT2D eigenvalue weighted by atomic mass is 10.1. The summed E-state index contributed by atoms with van der Waals surface area (Å²) in [6.07, 6.45) is 5.36. The first-order valence-corrected chi connectivity index (χ1v) is 5.80. The Bertz CT molecular complexity index is 565. The zero-order valence-corrected chi connectivity index (χ0v) is 10.7. The molecule has 92 valence electrons. The van der Waals surface area contributed by atoms with E-state index in [0.717, 1.165) is 16.9 Å². The lowest BCUT2D eigenvalue weighted by molar-refractivity contribution is 0.415. The number of nitrogens with zero attached hydrogens (tertiary/aromatic N) is 1. The van der Waals surface area contributed by atoms with Crippen molar-refractivity contribution >= 4 is 29.6 Å². The molecule has 18 heavy (non-hydrogen) atoms. The van der Waals surface area contributed by atoms with E-state index in [1.807, 2.05) is 36.4 Å². The minimum Gasteiger partial charge on any atom is -0.497 e. The molecule has 0 fully saturated rings. The summed E-state index contributed by atoms with van der Waals surface area (Å²) in [6.45, 7) is 0. The van der Waals surface area contributed by atoms with Crippen LogP contribution in [0.3, 0.4) is 0 Å². The SMILES string of the molecule is COc1ccc(C=Cc2cc(Cl)cnc2N)cc1. The highest BCUT2D eigenvalue weighted by atomic mass is 35.5. The highest BCUT2D eigenvalue weighted by Crippen LogP contribution is 2.18. The molecule has 1 aromatic heterocycles. The molecule has 0 bridgehead atoms. The number of aromatic nitrogens is 1. The maximum Gasteiger partial charge on any atom is 0.130 e. The second-order valence-corrected chi connectivity index (χ2v) is 4.17. The van der Waals surface area contributed by atoms with Crippen LogP contribution in [-0.4, -0.2) is 12.1 Å². The summed E-state index contributed by atoms with van der Waals surface area (Å²) in [6, 6.07) is 9.51. The molecule has 2 N–H and O–H groups in total. The van der Waals surface area contributed by atoms with Gasteiger partial charge in [0.05, 0.1) is 12.1 Å². The van der Waals surface area contributed by atoms with E-state index >= 15 is 0 Å². The summed E-state index contributed by atoms with van der Waals surface area (Å²) < 4.78 is 5.10. The monoisotopic (exact) mass is 260 g/mol. The van der Waals surface area contributed by atoms with Crippen molar-refractivity contribution in [3.05, 3.63) is 52.7 Å². The van der Waals surface area contributed by atoms with Gasteiger partial charge in [0.1, 0.15) is 11.6 Å². The standard InChI is InChI=1S/C14H13ClN2O/c1-18-13-6-3-10(4-7-13)2-5-11-8-12(15)9-17-14(11)16/h2-9H,1H3,(H2,16,17). The number of methoxy groups -OCH3 is 1. The largest absolute Gasteiger partial charge is 0.497 e. The minimum absolute atomic E-state index is 0.462. The van der Waals surface area contributed by atoms with Crippen LogP contribution in [0.25, 0.3) is 12.2 Å². The van der Waals surface area contributed by atoms with Crippen molar-refractivity contribution in [2.75, 3.05) is 12.8 Å². The zero-order valence-electron chi connectivity index (χ0n) is 9.93. The Hall–Kier alpha value is -2.00. The smallest absolute Gasteiger partial charge is 0.130 e. The van der Waals surface area contributed by atoms with Crippen LogP contribution in [0.4, 0.5) is 5.82 Å². The molecule has 4 heteroatoms. The normalized spacial score (nSPS) is 10.8. The molecule has 0 atom stereocenters. The van der Waals surface area contributed by atoms with Crippen LogP contribution in [0.1, 0.15) is 11.1 Å². The molecular weight excluding hydrogens is 248 g/mol. The predicted molar refractivity (Wildman–Crippen MR) is 75.6 cm³/mol. The Morgan fingerprint density at radius 1 is 1.22 bits per heavy atom. The van der Waals surface area contributed by atoms with Crippen molar-refractivity contribution in [1.29, 1.82) is 0 Å². The number of halogens is 1. The second kappa shape index (κ2) is 5.56. The van der Waals surface area contributed by atoms with E-state index in [1.54, 1.807) is 13.2 Å². The van der Waals surface area contributed by atoms with Gasteiger partial charge in [-0.2, -0.15) is 0 Å². The Labute approximate surface area is 111 Å². The molecule has 0 unspecified atom stereocenters. The van der Waals surface area contributed by atoms with Crippen LogP contribution < -0.4 is 10.5 Å². The number of ether oxygens (including phenoxy) is 1. The molecule has 0 aliphatic carbocycles. The highest BCUT2D eigenvalue weighted by molar-refractivity contribution is 6.30. The van der Waals surface area contributed by atoms with Crippen LogP contribution >= 0.6 is 11.6 Å². The van der Waals surface area contributed by atoms with Crippen molar-refractivity contribution in [2.45, 2.75) is 0 Å². The van der Waals surface area contributed by atoms with Crippen molar-refractivity contribution in [1.82, 2.24) is 4.98 Å². The van der Waals surface area contributed by atoms with E-state index < -0.39 is 0 Å². The highest BCUT2D eigenvalue weighted by Gasteiger charge is 1.98. The summed E-state index contributed by atoms with van der Waals surface area (Å²) in [5, 5.41) is 0.568. The third-order valence-electron chi connectivity index (χ3n) is 2.49. The van der Waals surface area contributed by atoms with Crippen LogP contribution in [0.15, 0.2) is 36.5 Å². The third-order valence-corrected chi connectivity index (χ3v) is 2.69. The lowest BCUT2D eigenvalue weighted by Crippen LogP contribution is -1.92. The fraction of sp³-hybridized carbons (Fsp3) is 0.0714. The quantitative estimate of drug-likeness (QED) is 0.919. The fourth-order valence-electron chi connectivity index (χ4n) is 1.50. The summed E-state index contributed by atoms with van der Waals surface area (Å²) >= 11 is 5.87. The summed E-state index contributed by atoms with van der Waals surface area (Å²) in [5.41, 5.74) is 7.61. The van der Waals surface area contributed by atoms with Crippen molar-refractivity contribution in [3.63, 3.8) is 0 Å². The van der Waals surface area contributed by atoms with E-state index in [0.29, 0.717) is 10.8 Å². The van der Waals surface area contributed by atoms with Gasteiger partial charge >= 0.3 is 0 Å². The first-order chi connectivity index (χ1) is 8.69. The van der Waals surface area contributed by atoms with E-state index in [2.05, 4.69) is 4.98 Å². The molecule has 3 nitrogen and oxygen atoms in total. The molecule has 0 spiro atoms. The first kappa shape index (κ1) is 12.5. The summed E-state index contributed by atoms with van der Waals surface area (Å²) in [4.78, 5) is 3.99. The Morgan fingerprint density at radius 2 is 1.94 bits per heavy atom. The van der Waals surface area contributed by atoms with E-state index in [4.69, 9.17) is 22.1 Å². The van der Waals surface area contributed by atoms with Gasteiger partial charge in [-0.15, -0.1) is 0 Å². The summed E-state index contributed by atoms with van der Waals surface area (Å²) in [7, 11) is 1.64. The number of rotatable bonds is 3. The number of pyridine rings is 1. The van der Waals surface area contributed by atoms with Crippen LogP contribution in [0.2, 0.25) is 5.02 Å². The fourth-order valence-corrected chi connectivity index (χ4v) is 1.67. The number of hydrogen-bond donors (Lipinski definition) is 1. The van der Waals surface area contributed by atoms with Gasteiger partial charge in [0.25, 0.3) is 0 Å². The molecule has 0 amide bonds. The average molecular weight is 261 g/mol. The molecule has 1 heterocycles. The van der Waals surface area contributed by atoms with Crippen molar-refractivity contribution < 1.29 is 4.74 Å². The average Bonchev–Trinajstić information content (AvgIpc) is 2.40. The molecule has 0 saturated heterocycles. The second-order valence-electron chi connectivity index (χ2n) is 3.73. The Kier molecular flexibility index (Phi) is 3.85. The van der Waals surface area contributed by atoms with Crippen LogP contribution in [-0.2, 0) is 0 Å². The van der Waals surface area contributed by atoms with Gasteiger partial charge in [-0.3, -0.25) is 0 Å². The molecule has 0 radical (unpaired) electrons. The van der Waals surface area contributed by atoms with Gasteiger partial charge in [0.2, 0.25) is 0 Å². The van der Waals surface area contributed by atoms with E-state index in [-0.39, 0.29) is 0 Å². The van der Waals surface area contributed by atoms with Gasteiger partial charge in [0, 0.05) is 11.8 Å². The zero-order chi connectivity index (χ0) is 13.0. The van der Waals surface area contributed by atoms with Crippen LogP contribution in [0, 0.1) is 0 Å². The number of hydrogen-bond acceptors (Lipinski definition) is 3. The number of anilines is 1. The minimum atomic E-state index is 0.462. The maximum absolute atomic E-state index is 5.87. The van der Waals surface area contributed by atoms with Crippen molar-refractivity contribution in [3.8, 4) is 5.75 Å². The molecule has 0 aliphatic heterocycles. The number of nitrogen functional groups attached to an aromatic ring is 1. The molecule has 0 saturated carbocycles. The summed E-state index contributed by atoms with van der Waals surface area (Å²) in [5.74, 6) is 1.29. The number of nitrogens with two attached hydrogens (primary N) is 1. The van der Waals surface area contributed by atoms with Gasteiger partial charge in [-0.1, -0.05) is 35.9 Å². The predicted octanol–water partition coefficient (Wildman–Crippen LogP) is 3.50. The van der Waals surface area contributed by atoms with E-state index in [1.165, 1.54) is 6.20 Å².